The quantitative estimate of drug-likeness (QED) is 0.373. The lowest BCUT2D eigenvalue weighted by Gasteiger charge is -2.24. The van der Waals surface area contributed by atoms with E-state index in [0.29, 0.717) is 16.7 Å². The smallest absolute Gasteiger partial charge is 0.328 e. The maximum Gasteiger partial charge on any atom is 0.328 e. The number of phenolic OH excluding ortho intramolecular Hbond substituents is 1. The van der Waals surface area contributed by atoms with Crippen LogP contribution >= 0.6 is 0 Å². The highest BCUT2D eigenvalue weighted by Gasteiger charge is 2.31. The minimum Gasteiger partial charge on any atom is -0.506 e. The van der Waals surface area contributed by atoms with Gasteiger partial charge < -0.3 is 25.2 Å². The SMILES string of the molecule is [2H]N(C(=O)c1cnn(-c2ccccc2O)c1C)[C@H](C(=O)N[C@@H](CCC(=O)OCC)C(=O)OCC)C(C)C. The van der Waals surface area contributed by atoms with Gasteiger partial charge in [0.05, 0.1) is 30.7 Å². The maximum absolute atomic E-state index is 13.2. The summed E-state index contributed by atoms with van der Waals surface area (Å²) in [4.78, 5) is 50.7. The van der Waals surface area contributed by atoms with Crippen molar-refractivity contribution in [1.29, 1.82) is 0 Å². The number of nitrogens with one attached hydrogen (secondary N) is 2. The number of aromatic hydroxyl groups is 1. The van der Waals surface area contributed by atoms with Crippen molar-refractivity contribution in [2.45, 2.75) is 59.5 Å². The molecule has 1 aromatic heterocycles. The summed E-state index contributed by atoms with van der Waals surface area (Å²) in [5, 5.41) is 17.4. The van der Waals surface area contributed by atoms with Crippen molar-refractivity contribution in [1.82, 2.24) is 20.4 Å². The van der Waals surface area contributed by atoms with E-state index < -0.39 is 41.8 Å². The molecule has 0 unspecified atom stereocenters. The van der Waals surface area contributed by atoms with E-state index >= 15 is 0 Å². The van der Waals surface area contributed by atoms with Crippen LogP contribution < -0.4 is 10.6 Å². The average Bonchev–Trinajstić information content (AvgIpc) is 3.22. The maximum atomic E-state index is 13.2. The zero-order valence-corrected chi connectivity index (χ0v) is 21.2. The van der Waals surface area contributed by atoms with E-state index in [4.69, 9.17) is 10.9 Å². The highest BCUT2D eigenvalue weighted by molar-refractivity contribution is 5.99. The topological polar surface area (TPSA) is 149 Å². The first-order valence-corrected chi connectivity index (χ1v) is 11.8. The molecule has 2 amide bonds. The van der Waals surface area contributed by atoms with Crippen molar-refractivity contribution in [3.63, 3.8) is 0 Å². The standard InChI is InChI=1S/C25H34N4O7/c1-6-35-21(31)13-12-18(25(34)36-7-2)27-24(33)22(15(3)4)28-23(32)17-14-26-29(16(17)5)19-10-8-9-11-20(19)30/h8-11,14-15,18,22,30H,6-7,12-13H2,1-5H3,(H,27,33)(H,28,32)/t18-,22-/m0/s1/i/hD. The fourth-order valence-corrected chi connectivity index (χ4v) is 3.46. The number of carbonyl (C=O) groups is 4. The molecule has 0 saturated carbocycles. The first-order chi connectivity index (χ1) is 17.5. The van der Waals surface area contributed by atoms with Crippen LogP contribution in [0.25, 0.3) is 5.69 Å². The molecule has 0 aliphatic heterocycles. The van der Waals surface area contributed by atoms with Crippen LogP contribution in [0.5, 0.6) is 5.75 Å². The number of rotatable bonds is 12. The Morgan fingerprint density at radius 2 is 1.81 bits per heavy atom. The highest BCUT2D eigenvalue weighted by Crippen LogP contribution is 2.23. The number of aromatic nitrogens is 2. The molecule has 2 aromatic rings. The number of nitrogens with zero attached hydrogens (tertiary/aromatic N) is 2. The molecule has 0 aliphatic carbocycles. The van der Waals surface area contributed by atoms with Crippen LogP contribution in [0.3, 0.4) is 0 Å². The van der Waals surface area contributed by atoms with E-state index in [0.717, 1.165) is 0 Å². The first kappa shape index (κ1) is 26.7. The predicted octanol–water partition coefficient (Wildman–Crippen LogP) is 2.03. The summed E-state index contributed by atoms with van der Waals surface area (Å²) < 4.78 is 19.8. The van der Waals surface area contributed by atoms with Crippen molar-refractivity contribution in [3.05, 3.63) is 41.7 Å². The minimum absolute atomic E-state index is 0.0392. The van der Waals surface area contributed by atoms with Gasteiger partial charge in [0.1, 0.15) is 23.5 Å². The average molecular weight is 504 g/mol. The Labute approximate surface area is 211 Å². The second kappa shape index (κ2) is 13.3. The van der Waals surface area contributed by atoms with Gasteiger partial charge in [-0.05, 0) is 45.2 Å². The van der Waals surface area contributed by atoms with Gasteiger partial charge in [0.15, 0.2) is 1.41 Å². The summed E-state index contributed by atoms with van der Waals surface area (Å²) in [7, 11) is 0. The Bertz CT molecular complexity index is 1120. The van der Waals surface area contributed by atoms with Crippen LogP contribution in [0, 0.1) is 12.8 Å². The molecule has 0 fully saturated rings. The summed E-state index contributed by atoms with van der Waals surface area (Å²) in [5.41, 5.74) is 0.791. The molecule has 36 heavy (non-hydrogen) atoms. The Morgan fingerprint density at radius 1 is 1.14 bits per heavy atom. The second-order valence-electron chi connectivity index (χ2n) is 8.32. The molecule has 0 spiro atoms. The van der Waals surface area contributed by atoms with Crippen molar-refractivity contribution < 1.29 is 35.2 Å². The van der Waals surface area contributed by atoms with Gasteiger partial charge in [0.25, 0.3) is 5.91 Å². The molecular formula is C25H34N4O7. The lowest BCUT2D eigenvalue weighted by atomic mass is 10.0. The molecule has 0 radical (unpaired) electrons. The molecule has 196 valence electrons. The number of carbonyl (C=O) groups excluding carboxylic acids is 4. The summed E-state index contributed by atoms with van der Waals surface area (Å²) in [6.45, 7) is 8.45. The fourth-order valence-electron chi connectivity index (χ4n) is 3.46. The van der Waals surface area contributed by atoms with E-state index in [1.807, 2.05) is 0 Å². The van der Waals surface area contributed by atoms with Gasteiger partial charge >= 0.3 is 11.9 Å². The van der Waals surface area contributed by atoms with E-state index in [-0.39, 0.29) is 37.4 Å². The molecule has 1 aromatic carbocycles. The zero-order valence-electron chi connectivity index (χ0n) is 22.2. The Morgan fingerprint density at radius 3 is 2.42 bits per heavy atom. The van der Waals surface area contributed by atoms with E-state index in [9.17, 15) is 24.3 Å². The summed E-state index contributed by atoms with van der Waals surface area (Å²) in [5.74, 6) is -3.32. The molecule has 11 nitrogen and oxygen atoms in total. The van der Waals surface area contributed by atoms with Crippen LogP contribution in [-0.2, 0) is 23.9 Å². The normalized spacial score (nSPS) is 12.9. The van der Waals surface area contributed by atoms with Crippen LogP contribution in [-0.4, -0.2) is 63.9 Å². The fraction of sp³-hybridized carbons (Fsp3) is 0.480. The lowest BCUT2D eigenvalue weighted by Crippen LogP contribution is -2.54. The van der Waals surface area contributed by atoms with Gasteiger partial charge in [-0.15, -0.1) is 0 Å². The number of amides is 2. The summed E-state index contributed by atoms with van der Waals surface area (Å²) in [6, 6.07) is 4.04. The molecule has 0 bridgehead atoms. The van der Waals surface area contributed by atoms with Crippen molar-refractivity contribution in [3.8, 4) is 11.4 Å². The molecule has 11 heteroatoms. The van der Waals surface area contributed by atoms with Crippen molar-refractivity contribution in [2.75, 3.05) is 13.2 Å². The number of hydrogen-bond donors (Lipinski definition) is 3. The zero-order chi connectivity index (χ0) is 27.7. The first-order valence-electron chi connectivity index (χ1n) is 12.3. The predicted molar refractivity (Wildman–Crippen MR) is 130 cm³/mol. The monoisotopic (exact) mass is 503 g/mol. The Balaban J connectivity index is 2.25. The van der Waals surface area contributed by atoms with Gasteiger partial charge in [-0.1, -0.05) is 26.0 Å². The number of hydrogen-bond acceptors (Lipinski definition) is 8. The summed E-state index contributed by atoms with van der Waals surface area (Å²) in [6.07, 6.45) is 1.08. The van der Waals surface area contributed by atoms with Crippen LogP contribution in [0.1, 0.15) is 56.6 Å². The van der Waals surface area contributed by atoms with Gasteiger partial charge in [-0.2, -0.15) is 5.10 Å². The number of para-hydroxylation sites is 2. The molecule has 2 rings (SSSR count). The molecule has 1 heterocycles. The minimum atomic E-state index is -1.26. The molecular weight excluding hydrogens is 468 g/mol. The van der Waals surface area contributed by atoms with Crippen LogP contribution in [0.2, 0.25) is 1.41 Å². The summed E-state index contributed by atoms with van der Waals surface area (Å²) >= 11 is 0. The van der Waals surface area contributed by atoms with E-state index in [2.05, 4.69) is 10.4 Å². The van der Waals surface area contributed by atoms with Gasteiger partial charge in [-0.25, -0.2) is 9.48 Å². The largest absolute Gasteiger partial charge is 0.506 e. The number of phenols is 1. The van der Waals surface area contributed by atoms with Gasteiger partial charge in [0, 0.05) is 6.42 Å². The third-order valence-electron chi connectivity index (χ3n) is 5.34. The van der Waals surface area contributed by atoms with E-state index in [1.54, 1.807) is 52.8 Å². The number of esters is 2. The molecule has 0 aliphatic rings. The van der Waals surface area contributed by atoms with Gasteiger partial charge in [-0.3, -0.25) is 14.4 Å². The number of benzene rings is 1. The number of ether oxygens (including phenoxy) is 2. The van der Waals surface area contributed by atoms with Crippen molar-refractivity contribution >= 4 is 23.8 Å². The van der Waals surface area contributed by atoms with Crippen LogP contribution in [0.4, 0.5) is 0 Å². The molecule has 2 atom stereocenters. The third-order valence-corrected chi connectivity index (χ3v) is 5.34. The van der Waals surface area contributed by atoms with Gasteiger partial charge in [0.2, 0.25) is 5.91 Å². The second-order valence-corrected chi connectivity index (χ2v) is 8.32. The van der Waals surface area contributed by atoms with Crippen LogP contribution in [0.15, 0.2) is 30.5 Å². The lowest BCUT2D eigenvalue weighted by molar-refractivity contribution is -0.149. The van der Waals surface area contributed by atoms with E-state index in [1.165, 1.54) is 16.9 Å². The Hall–Kier alpha value is -3.89. The van der Waals surface area contributed by atoms with Crippen molar-refractivity contribution in [2.24, 2.45) is 5.92 Å². The molecule has 3 N–H and O–H groups in total. The Kier molecular flexibility index (Phi) is 9.84. The highest BCUT2D eigenvalue weighted by atomic mass is 16.5. The molecule has 0 saturated heterocycles. The third kappa shape index (κ3) is 7.30.